The Kier molecular flexibility index (Phi) is 4.83. The first-order valence-electron chi connectivity index (χ1n) is 8.31. The van der Waals surface area contributed by atoms with Crippen molar-refractivity contribution in [1.29, 1.82) is 0 Å². The van der Waals surface area contributed by atoms with Crippen LogP contribution in [0.3, 0.4) is 0 Å². The van der Waals surface area contributed by atoms with Crippen molar-refractivity contribution < 1.29 is 14.7 Å². The highest BCUT2D eigenvalue weighted by Gasteiger charge is 2.45. The zero-order valence-electron chi connectivity index (χ0n) is 14.7. The van der Waals surface area contributed by atoms with Gasteiger partial charge in [0, 0.05) is 22.8 Å². The number of aryl methyl sites for hydroxylation is 1. The zero-order valence-corrected chi connectivity index (χ0v) is 15.5. The summed E-state index contributed by atoms with van der Waals surface area (Å²) in [5, 5.41) is 11.0. The average molecular weight is 371 g/mol. The molecule has 5 nitrogen and oxygen atoms in total. The fourth-order valence-electron chi connectivity index (χ4n) is 2.98. The van der Waals surface area contributed by atoms with Gasteiger partial charge in [0.2, 0.25) is 0 Å². The molecular formula is C20H19ClN2O3. The molecular weight excluding hydrogens is 352 g/mol. The number of nitrogens with zero attached hydrogens (tertiary/aromatic N) is 2. The van der Waals surface area contributed by atoms with Gasteiger partial charge < -0.3 is 5.11 Å². The van der Waals surface area contributed by atoms with Crippen LogP contribution in [0.15, 0.2) is 53.9 Å². The summed E-state index contributed by atoms with van der Waals surface area (Å²) in [5.74, 6) is -1.82. The second-order valence-corrected chi connectivity index (χ2v) is 6.95. The fraction of sp³-hybridized carbons (Fsp3) is 0.250. The van der Waals surface area contributed by atoms with Crippen molar-refractivity contribution in [2.45, 2.75) is 26.8 Å². The number of anilines is 1. The van der Waals surface area contributed by atoms with Gasteiger partial charge in [-0.2, -0.15) is 0 Å². The predicted octanol–water partition coefficient (Wildman–Crippen LogP) is 4.17. The normalized spacial score (nSPS) is 17.3. The van der Waals surface area contributed by atoms with E-state index in [1.54, 1.807) is 56.4 Å². The third kappa shape index (κ3) is 2.99. The third-order valence-electron chi connectivity index (χ3n) is 4.40. The molecule has 1 N–H and O–H groups in total. The van der Waals surface area contributed by atoms with Crippen molar-refractivity contribution in [3.63, 3.8) is 0 Å². The largest absolute Gasteiger partial charge is 0.503 e. The van der Waals surface area contributed by atoms with Crippen LogP contribution in [0, 0.1) is 12.8 Å². The molecule has 0 fully saturated rings. The lowest BCUT2D eigenvalue weighted by Gasteiger charge is -2.26. The fourth-order valence-corrected chi connectivity index (χ4v) is 3.16. The molecule has 1 aliphatic heterocycles. The summed E-state index contributed by atoms with van der Waals surface area (Å²) in [5.41, 5.74) is 1.94. The number of benzene rings is 1. The van der Waals surface area contributed by atoms with Gasteiger partial charge >= 0.3 is 0 Å². The lowest BCUT2D eigenvalue weighted by atomic mass is 9.93. The van der Waals surface area contributed by atoms with Crippen molar-refractivity contribution in [3.8, 4) is 0 Å². The van der Waals surface area contributed by atoms with E-state index in [0.717, 1.165) is 5.56 Å². The molecule has 6 heteroatoms. The second kappa shape index (κ2) is 6.92. The van der Waals surface area contributed by atoms with Gasteiger partial charge in [-0.15, -0.1) is 0 Å². The SMILES string of the molecule is Cc1ccc(N2C(=O)C(O)=C(C(=O)C(C)C)C2c2ccccn2)cc1Cl. The highest BCUT2D eigenvalue weighted by molar-refractivity contribution is 6.31. The predicted molar refractivity (Wildman–Crippen MR) is 100 cm³/mol. The Morgan fingerprint density at radius 2 is 2.00 bits per heavy atom. The standard InChI is InChI=1S/C20H19ClN2O3/c1-11(2)18(24)16-17(15-6-4-5-9-22-15)23(20(26)19(16)25)13-8-7-12(3)14(21)10-13/h4-11,17,25H,1-3H3. The number of carbonyl (C=O) groups excluding carboxylic acids is 2. The number of amides is 1. The molecule has 1 amide bonds. The molecule has 0 radical (unpaired) electrons. The van der Waals surface area contributed by atoms with Crippen LogP contribution in [0.4, 0.5) is 5.69 Å². The number of ketones is 1. The van der Waals surface area contributed by atoms with Gasteiger partial charge in [0.1, 0.15) is 6.04 Å². The minimum absolute atomic E-state index is 0.0698. The maximum atomic E-state index is 12.8. The molecule has 0 aliphatic carbocycles. The molecule has 134 valence electrons. The van der Waals surface area contributed by atoms with E-state index in [2.05, 4.69) is 4.98 Å². The summed E-state index contributed by atoms with van der Waals surface area (Å²) in [6.45, 7) is 5.32. The first-order chi connectivity index (χ1) is 12.3. The van der Waals surface area contributed by atoms with Crippen LogP contribution in [0.1, 0.15) is 31.1 Å². The Morgan fingerprint density at radius 3 is 2.58 bits per heavy atom. The van der Waals surface area contributed by atoms with E-state index in [-0.39, 0.29) is 17.3 Å². The summed E-state index contributed by atoms with van der Waals surface area (Å²) in [4.78, 5) is 31.2. The molecule has 1 aromatic carbocycles. The van der Waals surface area contributed by atoms with E-state index in [1.807, 2.05) is 6.92 Å². The van der Waals surface area contributed by atoms with Gasteiger partial charge in [0.25, 0.3) is 5.91 Å². The molecule has 2 heterocycles. The van der Waals surface area contributed by atoms with Gasteiger partial charge in [-0.25, -0.2) is 0 Å². The number of rotatable bonds is 4. The molecule has 0 saturated carbocycles. The van der Waals surface area contributed by atoms with Crippen LogP contribution >= 0.6 is 11.6 Å². The number of hydrogen-bond acceptors (Lipinski definition) is 4. The molecule has 0 spiro atoms. The van der Waals surface area contributed by atoms with E-state index in [4.69, 9.17) is 11.6 Å². The van der Waals surface area contributed by atoms with Gasteiger partial charge in [-0.05, 0) is 36.8 Å². The minimum atomic E-state index is -0.794. The molecule has 0 saturated heterocycles. The summed E-state index contributed by atoms with van der Waals surface area (Å²) < 4.78 is 0. The van der Waals surface area contributed by atoms with Gasteiger partial charge in [0.15, 0.2) is 11.5 Å². The molecule has 1 aliphatic rings. The molecule has 26 heavy (non-hydrogen) atoms. The summed E-state index contributed by atoms with van der Waals surface area (Å²) in [7, 11) is 0. The van der Waals surface area contributed by atoms with Gasteiger partial charge in [0.05, 0.1) is 11.3 Å². The minimum Gasteiger partial charge on any atom is -0.503 e. The molecule has 1 unspecified atom stereocenters. The topological polar surface area (TPSA) is 70.5 Å². The van der Waals surface area contributed by atoms with E-state index in [1.165, 1.54) is 4.90 Å². The van der Waals surface area contributed by atoms with E-state index >= 15 is 0 Å². The van der Waals surface area contributed by atoms with E-state index < -0.39 is 17.7 Å². The third-order valence-corrected chi connectivity index (χ3v) is 4.81. The quantitative estimate of drug-likeness (QED) is 0.876. The number of aromatic nitrogens is 1. The van der Waals surface area contributed by atoms with Crippen molar-refractivity contribution in [2.24, 2.45) is 5.92 Å². The first kappa shape index (κ1) is 18.1. The first-order valence-corrected chi connectivity index (χ1v) is 8.68. The summed E-state index contributed by atoms with van der Waals surface area (Å²) in [6, 6.07) is 9.65. The van der Waals surface area contributed by atoms with Crippen LogP contribution in [-0.4, -0.2) is 21.8 Å². The molecule has 0 bridgehead atoms. The Morgan fingerprint density at radius 1 is 1.27 bits per heavy atom. The average Bonchev–Trinajstić information content (AvgIpc) is 2.89. The maximum Gasteiger partial charge on any atom is 0.294 e. The van der Waals surface area contributed by atoms with Crippen LogP contribution in [0.5, 0.6) is 0 Å². The molecule has 2 aromatic rings. The molecule has 1 atom stereocenters. The Bertz CT molecular complexity index is 907. The zero-order chi connectivity index (χ0) is 19.0. The van der Waals surface area contributed by atoms with Crippen LogP contribution in [-0.2, 0) is 9.59 Å². The van der Waals surface area contributed by atoms with E-state index in [0.29, 0.717) is 16.4 Å². The maximum absolute atomic E-state index is 12.8. The Hall–Kier alpha value is -2.66. The number of Topliss-reactive ketones (excluding diaryl/α,β-unsaturated/α-hetero) is 1. The van der Waals surface area contributed by atoms with E-state index in [9.17, 15) is 14.7 Å². The number of carbonyl (C=O) groups is 2. The summed E-state index contributed by atoms with van der Waals surface area (Å²) >= 11 is 6.22. The number of aliphatic hydroxyl groups is 1. The number of hydrogen-bond donors (Lipinski definition) is 1. The van der Waals surface area contributed by atoms with Crippen LogP contribution < -0.4 is 4.90 Å². The van der Waals surface area contributed by atoms with Crippen LogP contribution in [0.2, 0.25) is 5.02 Å². The Labute approximate surface area is 156 Å². The van der Waals surface area contributed by atoms with Crippen molar-refractivity contribution in [2.75, 3.05) is 4.90 Å². The van der Waals surface area contributed by atoms with Gasteiger partial charge in [-0.1, -0.05) is 37.6 Å². The molecule has 1 aromatic heterocycles. The number of aliphatic hydroxyl groups excluding tert-OH is 1. The Balaban J connectivity index is 2.19. The number of halogens is 1. The lowest BCUT2D eigenvalue weighted by molar-refractivity contribution is -0.119. The lowest BCUT2D eigenvalue weighted by Crippen LogP contribution is -2.32. The van der Waals surface area contributed by atoms with Crippen LogP contribution in [0.25, 0.3) is 0 Å². The van der Waals surface area contributed by atoms with Crippen molar-refractivity contribution in [3.05, 3.63) is 70.2 Å². The van der Waals surface area contributed by atoms with Crippen molar-refractivity contribution in [1.82, 2.24) is 4.98 Å². The second-order valence-electron chi connectivity index (χ2n) is 6.55. The van der Waals surface area contributed by atoms with Gasteiger partial charge in [-0.3, -0.25) is 19.5 Å². The van der Waals surface area contributed by atoms with Crippen molar-refractivity contribution >= 4 is 29.0 Å². The smallest absolute Gasteiger partial charge is 0.294 e. The monoisotopic (exact) mass is 370 g/mol. The summed E-state index contributed by atoms with van der Waals surface area (Å²) in [6.07, 6.45) is 1.59. The molecule has 3 rings (SSSR count). The number of pyridine rings is 1. The highest BCUT2D eigenvalue weighted by atomic mass is 35.5. The highest BCUT2D eigenvalue weighted by Crippen LogP contribution is 2.41.